The van der Waals surface area contributed by atoms with Crippen LogP contribution in [0.3, 0.4) is 0 Å². The van der Waals surface area contributed by atoms with Crippen molar-refractivity contribution in [2.24, 2.45) is 0 Å². The molecule has 4 saturated heterocycles. The highest BCUT2D eigenvalue weighted by Crippen LogP contribution is 2.37. The normalized spacial score (nSPS) is 17.5. The predicted octanol–water partition coefficient (Wildman–Crippen LogP) is 13.2. The molecule has 8 aromatic carbocycles. The van der Waals surface area contributed by atoms with E-state index in [9.17, 15) is 47.1 Å². The average Bonchev–Trinajstić information content (AvgIpc) is 0.774. The number of carbonyl (C=O) groups is 8. The number of piperidine rings is 1. The molecule has 4 aliphatic heterocycles. The third-order valence-corrected chi connectivity index (χ3v) is 21.3. The van der Waals surface area contributed by atoms with E-state index in [4.69, 9.17) is 9.47 Å². The van der Waals surface area contributed by atoms with Crippen molar-refractivity contribution in [3.05, 3.63) is 296 Å². The van der Waals surface area contributed by atoms with Gasteiger partial charge in [-0.1, -0.05) is 104 Å². The number of ketones is 8. The minimum absolute atomic E-state index is 0.0961. The first-order valence-corrected chi connectivity index (χ1v) is 38.0. The van der Waals surface area contributed by atoms with Crippen molar-refractivity contribution in [2.75, 3.05) is 141 Å². The summed E-state index contributed by atoms with van der Waals surface area (Å²) in [4.78, 5) is 121. The zero-order valence-electron chi connectivity index (χ0n) is 63.7. The van der Waals surface area contributed by atoms with Crippen LogP contribution < -0.4 is 30.7 Å². The summed E-state index contributed by atoms with van der Waals surface area (Å²) in [5.41, 5.74) is 9.17. The summed E-state index contributed by atoms with van der Waals surface area (Å²) in [6.45, 7) is 18.3. The minimum Gasteiger partial charge on any atom is -0.497 e. The number of allylic oxidation sites excluding steroid dienone is 8. The van der Waals surface area contributed by atoms with E-state index in [0.717, 1.165) is 114 Å². The molecule has 576 valence electrons. The molecule has 0 radical (unpaired) electrons. The van der Waals surface area contributed by atoms with Gasteiger partial charge in [0.15, 0.2) is 0 Å². The van der Waals surface area contributed by atoms with Gasteiger partial charge in [0.05, 0.1) is 14.2 Å². The van der Waals surface area contributed by atoms with Crippen molar-refractivity contribution in [1.82, 2.24) is 34.3 Å². The number of anilines is 4. The number of hydrogen-bond donors (Lipinski definition) is 4. The molecule has 4 aliphatic carbocycles. The van der Waals surface area contributed by atoms with Crippen molar-refractivity contribution >= 4 is 69.0 Å². The number of methoxy groups -OCH3 is 2. The number of benzene rings is 8. The number of piperazine rings is 3. The summed E-state index contributed by atoms with van der Waals surface area (Å²) in [7, 11) is 5.26. The lowest BCUT2D eigenvalue weighted by atomic mass is 9.89. The Morgan fingerprint density at radius 1 is 0.321 bits per heavy atom. The number of likely N-dealkylation sites (tertiary alicyclic amines) is 1. The van der Waals surface area contributed by atoms with Gasteiger partial charge in [-0.25, -0.2) is 8.78 Å². The molecular weight excluding hydrogens is 1420 g/mol. The van der Waals surface area contributed by atoms with Crippen LogP contribution in [0.2, 0.25) is 0 Å². The molecule has 8 aromatic rings. The van der Waals surface area contributed by atoms with Crippen molar-refractivity contribution < 1.29 is 56.6 Å². The first-order valence-electron chi connectivity index (χ1n) is 38.0. The molecule has 4 fully saturated rings. The second kappa shape index (κ2) is 35.2. The van der Waals surface area contributed by atoms with Crippen molar-refractivity contribution in [3.63, 3.8) is 0 Å². The zero-order chi connectivity index (χ0) is 78.7. The Bertz CT molecular complexity index is 5030. The van der Waals surface area contributed by atoms with E-state index in [0.29, 0.717) is 122 Å². The fourth-order valence-electron chi connectivity index (χ4n) is 15.0. The van der Waals surface area contributed by atoms with Crippen LogP contribution >= 0.6 is 0 Å². The Morgan fingerprint density at radius 2 is 0.571 bits per heavy atom. The molecule has 21 nitrogen and oxygen atoms in total. The van der Waals surface area contributed by atoms with Gasteiger partial charge in [-0.15, -0.1) is 0 Å². The molecule has 23 heteroatoms. The fourth-order valence-corrected chi connectivity index (χ4v) is 15.0. The molecule has 8 aliphatic rings. The topological polar surface area (TPSA) is 226 Å². The van der Waals surface area contributed by atoms with Crippen molar-refractivity contribution in [2.45, 2.75) is 46.1 Å². The largest absolute Gasteiger partial charge is 0.497 e. The van der Waals surface area contributed by atoms with Gasteiger partial charge in [-0.2, -0.15) is 0 Å². The van der Waals surface area contributed by atoms with Gasteiger partial charge in [0, 0.05) is 165 Å². The maximum absolute atomic E-state index is 13.5. The third-order valence-electron chi connectivity index (χ3n) is 21.3. The molecule has 4 heterocycles. The molecule has 0 atom stereocenters. The predicted molar refractivity (Wildman–Crippen MR) is 428 cm³/mol. The Labute approximate surface area is 650 Å². The number of nitrogens with one attached hydrogen (secondary N) is 4. The second-order valence-electron chi connectivity index (χ2n) is 28.6. The Kier molecular flexibility index (Phi) is 24.5. The number of Topliss-reactive ketones (excluding diaryl/α,β-unsaturated/α-hetero) is 8. The van der Waals surface area contributed by atoms with Crippen molar-refractivity contribution in [1.29, 1.82) is 0 Å². The van der Waals surface area contributed by atoms with Gasteiger partial charge in [0.25, 0.3) is 0 Å². The number of nitrogens with zero attached hydrogens (tertiary/aromatic N) is 7. The Morgan fingerprint density at radius 3 is 0.839 bits per heavy atom. The van der Waals surface area contributed by atoms with E-state index in [1.165, 1.54) is 24.3 Å². The number of rotatable bonds is 16. The lowest BCUT2D eigenvalue weighted by molar-refractivity contribution is 0.0882. The maximum Gasteiger partial charge on any atom is 0.212 e. The van der Waals surface area contributed by atoms with Crippen LogP contribution in [-0.4, -0.2) is 206 Å². The van der Waals surface area contributed by atoms with Crippen LogP contribution in [0.25, 0.3) is 0 Å². The van der Waals surface area contributed by atoms with Crippen LogP contribution in [0.4, 0.5) is 31.5 Å². The molecular formula is C89H91F2N11O10. The van der Waals surface area contributed by atoms with E-state index in [2.05, 4.69) is 61.6 Å². The quantitative estimate of drug-likeness (QED) is 0.0705. The van der Waals surface area contributed by atoms with Gasteiger partial charge < -0.3 is 60.1 Å². The van der Waals surface area contributed by atoms with Crippen LogP contribution in [0.5, 0.6) is 11.5 Å². The zero-order valence-corrected chi connectivity index (χ0v) is 63.7. The number of halogens is 2. The number of fused-ring (bicyclic) bond motifs is 4. The second-order valence-corrected chi connectivity index (χ2v) is 28.6. The summed E-state index contributed by atoms with van der Waals surface area (Å²) in [6, 6.07) is 54.6. The summed E-state index contributed by atoms with van der Waals surface area (Å²) in [6.07, 6.45) is 3.12. The minimum atomic E-state index is -0.356. The third kappa shape index (κ3) is 17.1. The highest BCUT2D eigenvalue weighted by molar-refractivity contribution is 6.30. The van der Waals surface area contributed by atoms with E-state index in [1.807, 2.05) is 70.3 Å². The molecule has 16 rings (SSSR count). The molecule has 4 N–H and O–H groups in total. The van der Waals surface area contributed by atoms with E-state index >= 15 is 0 Å². The van der Waals surface area contributed by atoms with Gasteiger partial charge >= 0.3 is 0 Å². The van der Waals surface area contributed by atoms with E-state index in [1.54, 1.807) is 136 Å². The Hall–Kier alpha value is -12.2. The number of ether oxygens (including phenoxy) is 2. The molecule has 0 amide bonds. The van der Waals surface area contributed by atoms with Crippen LogP contribution in [0, 0.1) is 11.6 Å². The monoisotopic (exact) mass is 1510 g/mol. The molecule has 0 spiro atoms. The number of likely N-dealkylation sites (N-methyl/N-ethyl adjacent to an activating group) is 2. The SMILES string of the molecule is CCN1CCN(C2=C(Nc3ccc(OC)cc3)C(=O)c3ccccc3C2=O)CC1.CN1CCN(C2=C(Nc3ccc(F)cc3)C(=O)c3ccccc3C2=O)CC1.COc1ccc(NC2=C(N3CCN(C(C)C)CC3)C(=O)c3ccccc3C2=O)cc1.O=C1C(Nc2ccc(F)cc2)=C(N2CCCCC2)C(=O)c2ccccc21. The molecule has 112 heavy (non-hydrogen) atoms. The number of hydrogen-bond acceptors (Lipinski definition) is 21. The first-order chi connectivity index (χ1) is 54.3. The highest BCUT2D eigenvalue weighted by atomic mass is 19.1. The summed E-state index contributed by atoms with van der Waals surface area (Å²) in [5, 5.41) is 12.6. The van der Waals surface area contributed by atoms with E-state index < -0.39 is 0 Å². The molecule has 0 saturated carbocycles. The standard InChI is InChI=1S/C24H27N3O3.C23H25N3O3.C21H20FN3O2.C21H19FN2O2/c1-16(2)26-12-14-27(15-13-26)22-21(25-17-8-10-18(30-3)11-9-17)23(28)19-6-4-5-7-20(19)24(22)29;1-3-25-12-14-26(15-13-25)21-20(24-16-8-10-17(29-2)11-9-16)22(27)18-6-4-5-7-19(18)23(21)28;1-24-10-12-25(13-11-24)19-18(23-15-8-6-14(22)7-9-15)20(26)16-4-2-3-5-17(16)21(19)27;22-14-8-10-15(11-9-14)23-18-19(24-12-4-1-5-13-24)21(26)17-7-3-2-6-16(17)20(18)25/h4-11,16,25H,12-15H2,1-3H3;4-11,24H,3,12-15H2,1-2H3;2-9,23H,10-13H2,1H3;2-3,6-11,23H,1,4-5,12-13H2. The fraction of sp³-hybridized carbons (Fsp3) is 0.281. The molecule has 0 unspecified atom stereocenters. The van der Waals surface area contributed by atoms with Gasteiger partial charge in [0.2, 0.25) is 46.3 Å². The molecule has 0 aromatic heterocycles. The lowest BCUT2D eigenvalue weighted by Gasteiger charge is -2.40. The summed E-state index contributed by atoms with van der Waals surface area (Å²) < 4.78 is 36.9. The van der Waals surface area contributed by atoms with Gasteiger partial charge in [-0.3, -0.25) is 43.3 Å². The van der Waals surface area contributed by atoms with Crippen LogP contribution in [-0.2, 0) is 0 Å². The number of carbonyl (C=O) groups excluding carboxylic acids is 8. The average molecular weight is 1510 g/mol. The lowest BCUT2D eigenvalue weighted by Crippen LogP contribution is -2.50. The van der Waals surface area contributed by atoms with Crippen molar-refractivity contribution in [3.8, 4) is 11.5 Å². The van der Waals surface area contributed by atoms with Crippen LogP contribution in [0.1, 0.15) is 123 Å². The Balaban J connectivity index is 0.000000131. The molecule has 0 bridgehead atoms. The summed E-state index contributed by atoms with van der Waals surface area (Å²) in [5.74, 6) is -0.443. The van der Waals surface area contributed by atoms with Crippen LogP contribution in [0.15, 0.2) is 240 Å². The van der Waals surface area contributed by atoms with Gasteiger partial charge in [0.1, 0.15) is 68.7 Å². The summed E-state index contributed by atoms with van der Waals surface area (Å²) >= 11 is 0. The van der Waals surface area contributed by atoms with Gasteiger partial charge in [-0.05, 0) is 144 Å². The van der Waals surface area contributed by atoms with E-state index in [-0.39, 0.29) is 69.3 Å². The first kappa shape index (κ1) is 78.0. The highest BCUT2D eigenvalue weighted by Gasteiger charge is 2.41. The smallest absolute Gasteiger partial charge is 0.212 e. The maximum atomic E-state index is 13.5.